The lowest BCUT2D eigenvalue weighted by molar-refractivity contribution is -0.0408. The van der Waals surface area contributed by atoms with E-state index in [2.05, 4.69) is 38.7 Å². The van der Waals surface area contributed by atoms with Crippen molar-refractivity contribution < 1.29 is 13.9 Å². The molecule has 1 aromatic carbocycles. The summed E-state index contributed by atoms with van der Waals surface area (Å²) in [5.41, 5.74) is 4.41. The summed E-state index contributed by atoms with van der Waals surface area (Å²) in [4.78, 5) is 22.5. The average Bonchev–Trinajstić information content (AvgIpc) is 3.42. The number of ether oxygens (including phenoxy) is 1. The first-order chi connectivity index (χ1) is 17.3. The van der Waals surface area contributed by atoms with Gasteiger partial charge in [-0.2, -0.15) is 5.26 Å². The minimum atomic E-state index is -0.341. The van der Waals surface area contributed by atoms with Crippen LogP contribution in [0.15, 0.2) is 53.1 Å². The number of benzene rings is 1. The van der Waals surface area contributed by atoms with Crippen LogP contribution >= 0.6 is 0 Å². The number of nitrogens with zero attached hydrogens (tertiary/aromatic N) is 4. The molecule has 1 fully saturated rings. The Morgan fingerprint density at radius 2 is 1.92 bits per heavy atom. The smallest absolute Gasteiger partial charge is 0.290 e. The summed E-state index contributed by atoms with van der Waals surface area (Å²) in [6.45, 7) is 10.5. The van der Waals surface area contributed by atoms with Gasteiger partial charge in [0, 0.05) is 31.6 Å². The lowest BCUT2D eigenvalue weighted by atomic mass is 9.86. The van der Waals surface area contributed by atoms with E-state index in [1.165, 1.54) is 6.26 Å². The molecule has 7 nitrogen and oxygen atoms in total. The molecule has 0 spiro atoms. The Hall–Kier alpha value is -3.63. The molecule has 2 aliphatic rings. The summed E-state index contributed by atoms with van der Waals surface area (Å²) < 4.78 is 11.5. The molecule has 1 unspecified atom stereocenters. The van der Waals surface area contributed by atoms with Gasteiger partial charge < -0.3 is 19.0 Å². The van der Waals surface area contributed by atoms with Crippen LogP contribution in [0.1, 0.15) is 78.2 Å². The summed E-state index contributed by atoms with van der Waals surface area (Å²) in [6, 6.07) is 15.7. The number of aromatic nitrogens is 1. The SMILES string of the molecule is CC(C)c1nc(N2CCN(C(=O)c3ccco3)C(c3ccccc3)C2)c(C#N)c2c1COC(C)(C)C2. The second-order valence-corrected chi connectivity index (χ2v) is 10.5. The van der Waals surface area contributed by atoms with Gasteiger partial charge in [0.2, 0.25) is 0 Å². The molecule has 2 aromatic heterocycles. The Kier molecular flexibility index (Phi) is 6.31. The molecule has 1 atom stereocenters. The van der Waals surface area contributed by atoms with Crippen molar-refractivity contribution in [3.63, 3.8) is 0 Å². The highest BCUT2D eigenvalue weighted by Gasteiger charge is 2.37. The third kappa shape index (κ3) is 4.38. The number of furan rings is 1. The molecule has 0 radical (unpaired) electrons. The van der Waals surface area contributed by atoms with E-state index < -0.39 is 0 Å². The molecule has 186 valence electrons. The van der Waals surface area contributed by atoms with Gasteiger partial charge in [0.1, 0.15) is 11.9 Å². The first-order valence-electron chi connectivity index (χ1n) is 12.5. The number of piperazine rings is 1. The van der Waals surface area contributed by atoms with Crippen molar-refractivity contribution in [1.29, 1.82) is 5.26 Å². The van der Waals surface area contributed by atoms with Crippen LogP contribution in [0.25, 0.3) is 0 Å². The molecule has 4 heterocycles. The van der Waals surface area contributed by atoms with Crippen LogP contribution < -0.4 is 4.90 Å². The van der Waals surface area contributed by atoms with E-state index in [4.69, 9.17) is 14.1 Å². The maximum absolute atomic E-state index is 13.3. The number of rotatable bonds is 4. The van der Waals surface area contributed by atoms with Gasteiger partial charge in [0.15, 0.2) is 5.76 Å². The van der Waals surface area contributed by atoms with Crippen LogP contribution in [0.5, 0.6) is 0 Å². The van der Waals surface area contributed by atoms with Gasteiger partial charge in [-0.25, -0.2) is 4.98 Å². The number of anilines is 1. The fraction of sp³-hybridized carbons (Fsp3) is 0.414. The largest absolute Gasteiger partial charge is 0.459 e. The number of carbonyl (C=O) groups excluding carboxylic acids is 1. The van der Waals surface area contributed by atoms with Crippen LogP contribution in [0.4, 0.5) is 5.82 Å². The highest BCUT2D eigenvalue weighted by molar-refractivity contribution is 5.92. The molecule has 0 bridgehead atoms. The van der Waals surface area contributed by atoms with E-state index in [0.717, 1.165) is 22.4 Å². The van der Waals surface area contributed by atoms with Gasteiger partial charge in [-0.15, -0.1) is 0 Å². The highest BCUT2D eigenvalue weighted by atomic mass is 16.5. The van der Waals surface area contributed by atoms with Gasteiger partial charge in [0.25, 0.3) is 5.91 Å². The standard InChI is InChI=1S/C29H32N4O3/c1-19(2)26-23-18-36-29(3,4)15-21(23)22(16-30)27(31-26)32-12-13-33(28(34)25-11-8-14-35-25)24(17-32)20-9-6-5-7-10-20/h5-11,14,19,24H,12-13,15,17-18H2,1-4H3. The van der Waals surface area contributed by atoms with Crippen LogP contribution in [-0.4, -0.2) is 41.0 Å². The van der Waals surface area contributed by atoms with Crippen molar-refractivity contribution in [3.8, 4) is 6.07 Å². The molecular formula is C29H32N4O3. The molecule has 0 saturated carbocycles. The molecule has 1 amide bonds. The summed E-state index contributed by atoms with van der Waals surface area (Å²) in [5.74, 6) is 1.11. The number of carbonyl (C=O) groups is 1. The van der Waals surface area contributed by atoms with Crippen molar-refractivity contribution in [2.24, 2.45) is 0 Å². The Balaban J connectivity index is 1.57. The number of pyridine rings is 1. The normalized spacial score (nSPS) is 19.2. The van der Waals surface area contributed by atoms with Crippen molar-refractivity contribution in [3.05, 3.63) is 82.4 Å². The molecule has 36 heavy (non-hydrogen) atoms. The Morgan fingerprint density at radius 3 is 2.58 bits per heavy atom. The van der Waals surface area contributed by atoms with E-state index in [1.807, 2.05) is 35.2 Å². The van der Waals surface area contributed by atoms with Crippen molar-refractivity contribution in [2.45, 2.75) is 58.3 Å². The van der Waals surface area contributed by atoms with Crippen molar-refractivity contribution in [1.82, 2.24) is 9.88 Å². The zero-order valence-electron chi connectivity index (χ0n) is 21.3. The van der Waals surface area contributed by atoms with E-state index in [1.54, 1.807) is 12.1 Å². The number of amides is 1. The number of hydrogen-bond donors (Lipinski definition) is 0. The van der Waals surface area contributed by atoms with Gasteiger partial charge in [-0.3, -0.25) is 4.79 Å². The second-order valence-electron chi connectivity index (χ2n) is 10.5. The van der Waals surface area contributed by atoms with Crippen molar-refractivity contribution >= 4 is 11.7 Å². The highest BCUT2D eigenvalue weighted by Crippen LogP contribution is 2.39. The Bertz CT molecular complexity index is 1290. The van der Waals surface area contributed by atoms with Gasteiger partial charge in [0.05, 0.1) is 35.8 Å². The lowest BCUT2D eigenvalue weighted by Crippen LogP contribution is -2.51. The maximum Gasteiger partial charge on any atom is 0.290 e. The van der Waals surface area contributed by atoms with E-state index in [-0.39, 0.29) is 23.5 Å². The minimum absolute atomic E-state index is 0.130. The molecule has 7 heteroatoms. The van der Waals surface area contributed by atoms with E-state index >= 15 is 0 Å². The summed E-state index contributed by atoms with van der Waals surface area (Å²) in [6.07, 6.45) is 2.19. The Labute approximate surface area is 212 Å². The quantitative estimate of drug-likeness (QED) is 0.505. The Morgan fingerprint density at radius 1 is 1.14 bits per heavy atom. The third-order valence-electron chi connectivity index (χ3n) is 7.15. The number of hydrogen-bond acceptors (Lipinski definition) is 6. The maximum atomic E-state index is 13.3. The van der Waals surface area contributed by atoms with E-state index in [0.29, 0.717) is 49.8 Å². The second kappa shape index (κ2) is 9.44. The topological polar surface area (TPSA) is 82.6 Å². The molecule has 3 aromatic rings. The van der Waals surface area contributed by atoms with Gasteiger partial charge in [-0.05, 0) is 43.0 Å². The minimum Gasteiger partial charge on any atom is -0.459 e. The monoisotopic (exact) mass is 484 g/mol. The predicted octanol–water partition coefficient (Wildman–Crippen LogP) is 5.22. The molecule has 0 aliphatic carbocycles. The number of fused-ring (bicyclic) bond motifs is 1. The van der Waals surface area contributed by atoms with Crippen LogP contribution in [0.2, 0.25) is 0 Å². The summed E-state index contributed by atoms with van der Waals surface area (Å²) >= 11 is 0. The van der Waals surface area contributed by atoms with Crippen LogP contribution in [0, 0.1) is 11.3 Å². The van der Waals surface area contributed by atoms with Crippen molar-refractivity contribution in [2.75, 3.05) is 24.5 Å². The number of nitriles is 1. The fourth-order valence-corrected chi connectivity index (χ4v) is 5.32. The molecule has 1 saturated heterocycles. The first kappa shape index (κ1) is 24.1. The third-order valence-corrected chi connectivity index (χ3v) is 7.15. The molecule has 5 rings (SSSR count). The van der Waals surface area contributed by atoms with Crippen LogP contribution in [-0.2, 0) is 17.8 Å². The van der Waals surface area contributed by atoms with Crippen LogP contribution in [0.3, 0.4) is 0 Å². The first-order valence-corrected chi connectivity index (χ1v) is 12.5. The lowest BCUT2D eigenvalue weighted by Gasteiger charge is -2.43. The molecular weight excluding hydrogens is 452 g/mol. The van der Waals surface area contributed by atoms with E-state index in [9.17, 15) is 10.1 Å². The average molecular weight is 485 g/mol. The molecule has 2 aliphatic heterocycles. The predicted molar refractivity (Wildman–Crippen MR) is 137 cm³/mol. The summed E-state index contributed by atoms with van der Waals surface area (Å²) in [7, 11) is 0. The van der Waals surface area contributed by atoms with Gasteiger partial charge in [-0.1, -0.05) is 44.2 Å². The zero-order chi connectivity index (χ0) is 25.4. The van der Waals surface area contributed by atoms with Gasteiger partial charge >= 0.3 is 0 Å². The zero-order valence-corrected chi connectivity index (χ0v) is 21.3. The molecule has 0 N–H and O–H groups in total. The summed E-state index contributed by atoms with van der Waals surface area (Å²) in [5, 5.41) is 10.3. The fourth-order valence-electron chi connectivity index (χ4n) is 5.32.